The Morgan fingerprint density at radius 2 is 0.469 bits per heavy atom. The van der Waals surface area contributed by atoms with Gasteiger partial charge in [0.1, 0.15) is 25.4 Å². The van der Waals surface area contributed by atoms with E-state index in [1.165, 1.54) is 83.5 Å². The van der Waals surface area contributed by atoms with Gasteiger partial charge in [0.2, 0.25) is 0 Å². The van der Waals surface area contributed by atoms with Crippen molar-refractivity contribution < 1.29 is 75.8 Å². The number of phosphoric acid groups is 2. The van der Waals surface area contributed by atoms with Gasteiger partial charge in [-0.2, -0.15) is 0 Å². The normalized spacial score (nSPS) is 14.7. The fraction of sp³-hybridized carbons (Fsp3) is 0.653. The molecule has 0 aliphatic rings. The third-order valence-electron chi connectivity index (χ3n) is 18.1. The molecule has 0 aliphatic heterocycles. The monoisotopic (exact) mass is 1620 g/mol. The molecular formula is C95H158O16P2. The number of ether oxygens (including phenoxy) is 3. The van der Waals surface area contributed by atoms with Gasteiger partial charge in [-0.25, -0.2) is 9.13 Å². The van der Waals surface area contributed by atoms with E-state index in [-0.39, 0.29) is 19.3 Å². The van der Waals surface area contributed by atoms with Gasteiger partial charge in [0, 0.05) is 19.3 Å². The second-order valence-electron chi connectivity index (χ2n) is 28.9. The molecule has 0 saturated heterocycles. The molecule has 0 heterocycles. The number of hydrogen-bond acceptors (Lipinski definition) is 14. The molecule has 4 N–H and O–H groups in total. The Morgan fingerprint density at radius 3 is 0.743 bits per heavy atom. The van der Waals surface area contributed by atoms with E-state index >= 15 is 0 Å². The van der Waals surface area contributed by atoms with Crippen molar-refractivity contribution in [3.63, 3.8) is 0 Å². The summed E-state index contributed by atoms with van der Waals surface area (Å²) in [7, 11) is -9.82. The molecule has 644 valence electrons. The maximum Gasteiger partial charge on any atom is 0.472 e. The molecule has 5 atom stereocenters. The molecule has 0 aromatic carbocycles. The van der Waals surface area contributed by atoms with Crippen LogP contribution < -0.4 is 0 Å². The largest absolute Gasteiger partial charge is 0.472 e. The highest BCUT2D eigenvalue weighted by Crippen LogP contribution is 2.45. The summed E-state index contributed by atoms with van der Waals surface area (Å²) in [6.07, 6.45) is 112. The van der Waals surface area contributed by atoms with E-state index in [4.69, 9.17) is 32.3 Å². The van der Waals surface area contributed by atoms with Gasteiger partial charge in [0.25, 0.3) is 0 Å². The van der Waals surface area contributed by atoms with Crippen molar-refractivity contribution >= 4 is 33.6 Å². The van der Waals surface area contributed by atoms with E-state index in [1.807, 2.05) is 0 Å². The lowest BCUT2D eigenvalue weighted by atomic mass is 10.1. The first-order valence-corrected chi connectivity index (χ1v) is 47.1. The van der Waals surface area contributed by atoms with Crippen molar-refractivity contribution in [1.29, 1.82) is 0 Å². The standard InChI is InChI=1S/C95H158O16P2/c1-4-7-10-13-16-19-22-25-28-31-34-37-40-42-43-44-45-47-50-51-54-57-60-63-66-69-72-75-78-81-93(98)105-84-90(96)85-107-112(101,102)108-86-91(97)87-109-113(103,104)110-89-92(111-95(100)83-80-77-74-71-68-65-62-59-56-53-48-39-36-33-30-27-24-21-18-15-12-9-6-3)88-106-94(99)82-79-76-73-70-67-64-61-58-55-52-49-46-41-38-35-32-29-26-23-20-17-14-11-8-5-2/h7,9-10,12,16-21,25-30,34-39,42-43,45-47,49,53,56,90-92,96-97H,4-6,8,11,13-15,22-24,31-33,40-41,44,48,50-52,54-55,57-89H2,1-3H3,(H,101,102)(H,103,104)/b10-7-,12-9-,19-16-,20-17-,21-18-,28-25-,29-26-,30-27-,37-34-,38-35-,39-36-,43-42-,47-45-,49-46-,56-53-. The minimum Gasteiger partial charge on any atom is -0.463 e. The quantitative estimate of drug-likeness (QED) is 0.0146. The zero-order valence-corrected chi connectivity index (χ0v) is 72.5. The van der Waals surface area contributed by atoms with E-state index < -0.39 is 91.5 Å². The molecule has 18 heteroatoms. The van der Waals surface area contributed by atoms with Gasteiger partial charge in [-0.3, -0.25) is 32.5 Å². The van der Waals surface area contributed by atoms with Gasteiger partial charge in [-0.1, -0.05) is 344 Å². The Labute approximate surface area is 687 Å². The third-order valence-corrected chi connectivity index (χ3v) is 20.0. The summed E-state index contributed by atoms with van der Waals surface area (Å²) in [6.45, 7) is 2.42. The number of phosphoric ester groups is 2. The van der Waals surface area contributed by atoms with Crippen molar-refractivity contribution in [2.24, 2.45) is 0 Å². The van der Waals surface area contributed by atoms with E-state index in [0.717, 1.165) is 199 Å². The molecule has 0 saturated carbocycles. The van der Waals surface area contributed by atoms with Crippen molar-refractivity contribution in [3.05, 3.63) is 182 Å². The Balaban J connectivity index is 4.68. The number of allylic oxidation sites excluding steroid dienone is 30. The molecule has 0 aromatic heterocycles. The number of unbranched alkanes of at least 4 members (excludes halogenated alkanes) is 29. The highest BCUT2D eigenvalue weighted by molar-refractivity contribution is 7.47. The molecule has 5 unspecified atom stereocenters. The second kappa shape index (κ2) is 86.0. The predicted octanol–water partition coefficient (Wildman–Crippen LogP) is 26.9. The van der Waals surface area contributed by atoms with E-state index in [9.17, 15) is 43.5 Å². The van der Waals surface area contributed by atoms with E-state index in [2.05, 4.69) is 203 Å². The molecule has 0 aromatic rings. The maximum atomic E-state index is 13.1. The van der Waals surface area contributed by atoms with Gasteiger partial charge < -0.3 is 34.2 Å². The smallest absolute Gasteiger partial charge is 0.463 e. The van der Waals surface area contributed by atoms with Gasteiger partial charge in [-0.15, -0.1) is 0 Å². The fourth-order valence-electron chi connectivity index (χ4n) is 11.5. The van der Waals surface area contributed by atoms with E-state index in [1.54, 1.807) is 0 Å². The van der Waals surface area contributed by atoms with Crippen LogP contribution in [-0.2, 0) is 55.8 Å². The molecule has 0 amide bonds. The highest BCUT2D eigenvalue weighted by atomic mass is 31.2. The number of hydrogen-bond donors (Lipinski definition) is 4. The number of carbonyl (C=O) groups is 3. The van der Waals surface area contributed by atoms with Gasteiger partial charge in [0.15, 0.2) is 6.10 Å². The highest BCUT2D eigenvalue weighted by Gasteiger charge is 2.29. The molecular weight excluding hydrogens is 1460 g/mol. The van der Waals surface area contributed by atoms with Crippen LogP contribution >= 0.6 is 15.6 Å². The number of aliphatic hydroxyl groups excluding tert-OH is 2. The Bertz CT molecular complexity index is 2780. The van der Waals surface area contributed by atoms with Crippen molar-refractivity contribution in [1.82, 2.24) is 0 Å². The van der Waals surface area contributed by atoms with Gasteiger partial charge in [0.05, 0.1) is 26.4 Å². The summed E-state index contributed by atoms with van der Waals surface area (Å²) in [6, 6.07) is 0. The minimum absolute atomic E-state index is 0.0841. The first kappa shape index (κ1) is 108. The predicted molar refractivity (Wildman–Crippen MR) is 472 cm³/mol. The first-order chi connectivity index (χ1) is 55.2. The van der Waals surface area contributed by atoms with Crippen LogP contribution in [0, 0.1) is 0 Å². The second-order valence-corrected chi connectivity index (χ2v) is 31.8. The molecule has 0 spiro atoms. The summed E-state index contributed by atoms with van der Waals surface area (Å²) in [5, 5.41) is 20.7. The Hall–Kier alpha value is -5.35. The molecule has 113 heavy (non-hydrogen) atoms. The Morgan fingerprint density at radius 1 is 0.257 bits per heavy atom. The summed E-state index contributed by atoms with van der Waals surface area (Å²) in [5.74, 6) is -1.60. The lowest BCUT2D eigenvalue weighted by molar-refractivity contribution is -0.161. The topological polar surface area (TPSA) is 231 Å². The first-order valence-electron chi connectivity index (χ1n) is 44.1. The zero-order chi connectivity index (χ0) is 82.2. The number of rotatable bonds is 82. The maximum absolute atomic E-state index is 13.1. The molecule has 0 bridgehead atoms. The summed E-state index contributed by atoms with van der Waals surface area (Å²) in [5.41, 5.74) is 0. The number of esters is 3. The molecule has 0 rings (SSSR count). The molecule has 0 radical (unpaired) electrons. The van der Waals surface area contributed by atoms with Crippen LogP contribution in [0.4, 0.5) is 0 Å². The van der Waals surface area contributed by atoms with Crippen molar-refractivity contribution in [3.8, 4) is 0 Å². The molecule has 16 nitrogen and oxygen atoms in total. The number of aliphatic hydroxyl groups is 2. The average molecular weight is 1620 g/mol. The fourth-order valence-corrected chi connectivity index (χ4v) is 13.1. The Kier molecular flexibility index (Phi) is 81.9. The van der Waals surface area contributed by atoms with Crippen LogP contribution in [0.1, 0.15) is 342 Å². The van der Waals surface area contributed by atoms with Crippen LogP contribution in [0.5, 0.6) is 0 Å². The molecule has 0 aliphatic carbocycles. The lowest BCUT2D eigenvalue weighted by Crippen LogP contribution is -2.30. The van der Waals surface area contributed by atoms with E-state index in [0.29, 0.717) is 19.3 Å². The van der Waals surface area contributed by atoms with Crippen LogP contribution in [0.15, 0.2) is 182 Å². The van der Waals surface area contributed by atoms with Crippen LogP contribution in [0.3, 0.4) is 0 Å². The lowest BCUT2D eigenvalue weighted by Gasteiger charge is -2.21. The summed E-state index contributed by atoms with van der Waals surface area (Å²) < 4.78 is 61.4. The minimum atomic E-state index is -4.95. The van der Waals surface area contributed by atoms with Gasteiger partial charge in [-0.05, 0) is 161 Å². The molecule has 0 fully saturated rings. The van der Waals surface area contributed by atoms with Crippen LogP contribution in [-0.4, -0.2) is 95.9 Å². The van der Waals surface area contributed by atoms with Crippen LogP contribution in [0.2, 0.25) is 0 Å². The average Bonchev–Trinajstić information content (AvgIpc) is 0.899. The van der Waals surface area contributed by atoms with Crippen molar-refractivity contribution in [2.45, 2.75) is 360 Å². The SMILES string of the molecule is CC/C=C\C/C=C\C/C=C\C/C=C\C/C=C\C/C=C\CCCCCCCCCCCCC(=O)OCC(O)COP(=O)(O)OCC(O)COP(=O)(O)OCC(COC(=O)CCCCCCCCCCC/C=C\C/C=C\C/C=C\C/C=C\CCCCC)OC(=O)CCCCCCCCC/C=C\C/C=C\C/C=C\C/C=C\C/C=C\CC. The van der Waals surface area contributed by atoms with Crippen LogP contribution in [0.25, 0.3) is 0 Å². The number of carbonyl (C=O) groups excluding carboxylic acids is 3. The van der Waals surface area contributed by atoms with Gasteiger partial charge >= 0.3 is 33.6 Å². The van der Waals surface area contributed by atoms with Crippen molar-refractivity contribution in [2.75, 3.05) is 39.6 Å². The third kappa shape index (κ3) is 87.3. The summed E-state index contributed by atoms with van der Waals surface area (Å²) >= 11 is 0. The summed E-state index contributed by atoms with van der Waals surface area (Å²) in [4.78, 5) is 59.0. The zero-order valence-electron chi connectivity index (χ0n) is 70.7.